The number of rotatable bonds is 7. The number of ketones is 1. The molecule has 0 saturated carbocycles. The Morgan fingerprint density at radius 3 is 2.32 bits per heavy atom. The van der Waals surface area contributed by atoms with E-state index in [4.69, 9.17) is 11.6 Å². The van der Waals surface area contributed by atoms with Crippen molar-refractivity contribution in [1.29, 1.82) is 0 Å². The van der Waals surface area contributed by atoms with Gasteiger partial charge in [-0.25, -0.2) is 0 Å². The molecule has 0 unspecified atom stereocenters. The lowest BCUT2D eigenvalue weighted by atomic mass is 10.2. The van der Waals surface area contributed by atoms with E-state index in [-0.39, 0.29) is 30.3 Å². The molecule has 2 rings (SSSR count). The van der Waals surface area contributed by atoms with Gasteiger partial charge in [0.1, 0.15) is 0 Å². The molecule has 1 heterocycles. The number of hydrazine groups is 1. The number of hydrogen-bond donors (Lipinski definition) is 2. The van der Waals surface area contributed by atoms with Gasteiger partial charge in [-0.15, -0.1) is 23.1 Å². The molecule has 0 saturated heterocycles. The first-order valence-electron chi connectivity index (χ1n) is 7.50. The van der Waals surface area contributed by atoms with Gasteiger partial charge in [0.15, 0.2) is 5.78 Å². The fraction of sp³-hybridized carbons (Fsp3) is 0.235. The Labute approximate surface area is 159 Å². The number of aryl methyl sites for hydroxylation is 1. The minimum atomic E-state index is -0.412. The van der Waals surface area contributed by atoms with Crippen LogP contribution in [0.25, 0.3) is 0 Å². The Morgan fingerprint density at radius 1 is 1.00 bits per heavy atom. The number of amides is 2. The first-order valence-corrected chi connectivity index (χ1v) is 9.68. The van der Waals surface area contributed by atoms with Crippen molar-refractivity contribution in [3.63, 3.8) is 0 Å². The summed E-state index contributed by atoms with van der Waals surface area (Å²) in [6, 6.07) is 11.1. The zero-order valence-electron chi connectivity index (χ0n) is 13.5. The average Bonchev–Trinajstić information content (AvgIpc) is 3.04. The van der Waals surface area contributed by atoms with Gasteiger partial charge in [-0.05, 0) is 31.2 Å². The second kappa shape index (κ2) is 9.60. The summed E-state index contributed by atoms with van der Waals surface area (Å²) in [5.74, 6) is -0.677. The van der Waals surface area contributed by atoms with Crippen LogP contribution in [0, 0.1) is 6.92 Å². The molecule has 0 atom stereocenters. The summed E-state index contributed by atoms with van der Waals surface area (Å²) in [7, 11) is 0. The van der Waals surface area contributed by atoms with Gasteiger partial charge in [0, 0.05) is 17.7 Å². The molecular weight excluding hydrogens is 380 g/mol. The van der Waals surface area contributed by atoms with Crippen LogP contribution in [-0.2, 0) is 9.59 Å². The van der Waals surface area contributed by atoms with Crippen molar-refractivity contribution < 1.29 is 14.4 Å². The molecular formula is C17H17ClN2O3S2. The van der Waals surface area contributed by atoms with Crippen LogP contribution in [0.15, 0.2) is 41.3 Å². The molecule has 8 heteroatoms. The largest absolute Gasteiger partial charge is 0.293 e. The summed E-state index contributed by atoms with van der Waals surface area (Å²) in [5.41, 5.74) is 5.81. The van der Waals surface area contributed by atoms with E-state index in [9.17, 15) is 14.4 Å². The zero-order chi connectivity index (χ0) is 18.2. The number of Topliss-reactive ketones (excluding diaryl/α,β-unsaturated/α-hetero) is 1. The highest BCUT2D eigenvalue weighted by molar-refractivity contribution is 8.00. The minimum absolute atomic E-state index is 0.000261. The molecule has 2 N–H and O–H groups in total. The number of hydrogen-bond acceptors (Lipinski definition) is 5. The van der Waals surface area contributed by atoms with E-state index in [1.165, 1.54) is 23.1 Å². The zero-order valence-corrected chi connectivity index (χ0v) is 15.9. The second-order valence-electron chi connectivity index (χ2n) is 5.23. The molecule has 0 aliphatic rings. The Kier molecular flexibility index (Phi) is 7.49. The minimum Gasteiger partial charge on any atom is -0.293 e. The Bertz CT molecular complexity index is 760. The van der Waals surface area contributed by atoms with Crippen LogP contribution in [0.3, 0.4) is 0 Å². The molecule has 0 spiro atoms. The van der Waals surface area contributed by atoms with E-state index in [2.05, 4.69) is 10.9 Å². The lowest BCUT2D eigenvalue weighted by Crippen LogP contribution is -2.42. The van der Waals surface area contributed by atoms with Crippen molar-refractivity contribution in [1.82, 2.24) is 10.9 Å². The van der Waals surface area contributed by atoms with Crippen molar-refractivity contribution >= 4 is 52.3 Å². The number of carbonyl (C=O) groups is 3. The van der Waals surface area contributed by atoms with Crippen molar-refractivity contribution in [3.8, 4) is 0 Å². The van der Waals surface area contributed by atoms with Crippen LogP contribution in [-0.4, -0.2) is 23.4 Å². The molecule has 2 aromatic rings. The highest BCUT2D eigenvalue weighted by Crippen LogP contribution is 2.22. The standard InChI is InChI=1S/C17H17ClN2O3S2/c1-11-2-4-12(5-3-11)24-10-17(23)20-19-16(22)9-6-13(21)14-7-8-15(18)25-14/h2-5,7-8H,6,9-10H2,1H3,(H,19,22)(H,20,23). The highest BCUT2D eigenvalue weighted by Gasteiger charge is 2.12. The normalized spacial score (nSPS) is 10.3. The number of benzene rings is 1. The van der Waals surface area contributed by atoms with E-state index >= 15 is 0 Å². The molecule has 0 fully saturated rings. The van der Waals surface area contributed by atoms with Crippen LogP contribution in [0.2, 0.25) is 4.34 Å². The topological polar surface area (TPSA) is 75.3 Å². The van der Waals surface area contributed by atoms with Gasteiger partial charge in [-0.2, -0.15) is 0 Å². The fourth-order valence-corrected chi connectivity index (χ4v) is 3.54. The van der Waals surface area contributed by atoms with E-state index in [1.807, 2.05) is 31.2 Å². The highest BCUT2D eigenvalue weighted by atomic mass is 35.5. The number of halogens is 1. The SMILES string of the molecule is Cc1ccc(SCC(=O)NNC(=O)CCC(=O)c2ccc(Cl)s2)cc1. The van der Waals surface area contributed by atoms with Gasteiger partial charge < -0.3 is 0 Å². The van der Waals surface area contributed by atoms with Crippen molar-refractivity contribution in [2.45, 2.75) is 24.7 Å². The fourth-order valence-electron chi connectivity index (χ4n) is 1.84. The maximum Gasteiger partial charge on any atom is 0.248 e. The maximum atomic E-state index is 11.9. The molecule has 5 nitrogen and oxygen atoms in total. The summed E-state index contributed by atoms with van der Waals surface area (Å²) in [4.78, 5) is 36.8. The third-order valence-electron chi connectivity index (χ3n) is 3.16. The van der Waals surface area contributed by atoms with E-state index in [0.717, 1.165) is 10.5 Å². The molecule has 1 aromatic carbocycles. The molecule has 0 aliphatic heterocycles. The van der Waals surface area contributed by atoms with Crippen LogP contribution in [0.4, 0.5) is 0 Å². The summed E-state index contributed by atoms with van der Waals surface area (Å²) in [6.07, 6.45) is 0.0659. The Hall–Kier alpha value is -1.83. The molecule has 132 valence electrons. The third-order valence-corrected chi connectivity index (χ3v) is 5.44. The Balaban J connectivity index is 1.64. The van der Waals surface area contributed by atoms with Gasteiger partial charge in [-0.1, -0.05) is 29.3 Å². The van der Waals surface area contributed by atoms with Crippen molar-refractivity contribution in [2.24, 2.45) is 0 Å². The van der Waals surface area contributed by atoms with Crippen molar-refractivity contribution in [3.05, 3.63) is 51.2 Å². The number of nitrogens with one attached hydrogen (secondary N) is 2. The van der Waals surface area contributed by atoms with Crippen LogP contribution < -0.4 is 10.9 Å². The molecule has 25 heavy (non-hydrogen) atoms. The lowest BCUT2D eigenvalue weighted by Gasteiger charge is -2.07. The lowest BCUT2D eigenvalue weighted by molar-refractivity contribution is -0.127. The van der Waals surface area contributed by atoms with Crippen molar-refractivity contribution in [2.75, 3.05) is 5.75 Å². The number of thiophene rings is 1. The smallest absolute Gasteiger partial charge is 0.248 e. The van der Waals surface area contributed by atoms with Gasteiger partial charge in [-0.3, -0.25) is 25.2 Å². The maximum absolute atomic E-state index is 11.9. The van der Waals surface area contributed by atoms with Crippen LogP contribution in [0.1, 0.15) is 28.1 Å². The predicted molar refractivity (Wildman–Crippen MR) is 101 cm³/mol. The monoisotopic (exact) mass is 396 g/mol. The number of carbonyl (C=O) groups excluding carboxylic acids is 3. The quantitative estimate of drug-likeness (QED) is 0.426. The molecule has 2 amide bonds. The van der Waals surface area contributed by atoms with Crippen LogP contribution >= 0.6 is 34.7 Å². The summed E-state index contributed by atoms with van der Waals surface area (Å²) >= 11 is 8.33. The van der Waals surface area contributed by atoms with Gasteiger partial charge in [0.25, 0.3) is 0 Å². The molecule has 0 radical (unpaired) electrons. The van der Waals surface area contributed by atoms with E-state index in [1.54, 1.807) is 12.1 Å². The molecule has 0 aliphatic carbocycles. The van der Waals surface area contributed by atoms with Gasteiger partial charge in [0.05, 0.1) is 15.0 Å². The van der Waals surface area contributed by atoms with Crippen LogP contribution in [0.5, 0.6) is 0 Å². The number of thioether (sulfide) groups is 1. The summed E-state index contributed by atoms with van der Waals surface area (Å²) in [5, 5.41) is 0. The first kappa shape index (κ1) is 19.5. The average molecular weight is 397 g/mol. The second-order valence-corrected chi connectivity index (χ2v) is 7.99. The van der Waals surface area contributed by atoms with Gasteiger partial charge in [0.2, 0.25) is 11.8 Å². The van der Waals surface area contributed by atoms with E-state index in [0.29, 0.717) is 9.21 Å². The summed E-state index contributed by atoms with van der Waals surface area (Å²) < 4.78 is 0.533. The Morgan fingerprint density at radius 2 is 1.68 bits per heavy atom. The first-order chi connectivity index (χ1) is 11.9. The third kappa shape index (κ3) is 6.89. The predicted octanol–water partition coefficient (Wildman–Crippen LogP) is 3.61. The van der Waals surface area contributed by atoms with E-state index < -0.39 is 5.91 Å². The molecule has 1 aromatic heterocycles. The summed E-state index contributed by atoms with van der Waals surface area (Å²) in [6.45, 7) is 1.99. The van der Waals surface area contributed by atoms with Gasteiger partial charge >= 0.3 is 0 Å². The molecule has 0 bridgehead atoms.